The number of methoxy groups -OCH3 is 3. The third-order valence-electron chi connectivity index (χ3n) is 6.97. The highest BCUT2D eigenvalue weighted by atomic mass is 35.5. The number of thiazole rings is 1. The molecular weight excluding hydrogens is 608 g/mol. The molecule has 0 saturated heterocycles. The van der Waals surface area contributed by atoms with Gasteiger partial charge in [0.15, 0.2) is 16.3 Å². The van der Waals surface area contributed by atoms with Crippen molar-refractivity contribution >= 4 is 41.0 Å². The Morgan fingerprint density at radius 2 is 1.77 bits per heavy atom. The van der Waals surface area contributed by atoms with Crippen LogP contribution in [0.5, 0.6) is 17.2 Å². The summed E-state index contributed by atoms with van der Waals surface area (Å²) in [4.78, 5) is 43.2. The second-order valence-corrected chi connectivity index (χ2v) is 11.1. The van der Waals surface area contributed by atoms with E-state index in [-0.39, 0.29) is 23.3 Å². The highest BCUT2D eigenvalue weighted by Gasteiger charge is 2.35. The highest BCUT2D eigenvalue weighted by molar-refractivity contribution is 7.07. The van der Waals surface area contributed by atoms with Crippen molar-refractivity contribution < 1.29 is 33.6 Å². The van der Waals surface area contributed by atoms with Crippen LogP contribution in [0.15, 0.2) is 81.7 Å². The lowest BCUT2D eigenvalue weighted by Gasteiger charge is -2.25. The van der Waals surface area contributed by atoms with E-state index in [2.05, 4.69) is 4.99 Å². The van der Waals surface area contributed by atoms with Gasteiger partial charge in [-0.1, -0.05) is 41.1 Å². The molecule has 5 rings (SSSR count). The van der Waals surface area contributed by atoms with E-state index in [4.69, 9.17) is 30.5 Å². The number of aromatic nitrogens is 1. The van der Waals surface area contributed by atoms with Crippen molar-refractivity contribution in [3.63, 3.8) is 0 Å². The van der Waals surface area contributed by atoms with Crippen LogP contribution in [-0.4, -0.2) is 42.9 Å². The summed E-state index contributed by atoms with van der Waals surface area (Å²) >= 11 is 7.52. The summed E-state index contributed by atoms with van der Waals surface area (Å²) in [6.45, 7) is 1.82. The Labute approximate surface area is 260 Å². The number of nitrogens with zero attached hydrogens (tertiary/aromatic N) is 2. The number of ether oxygens (including phenoxy) is 4. The van der Waals surface area contributed by atoms with Gasteiger partial charge in [0.1, 0.15) is 18.4 Å². The molecule has 44 heavy (non-hydrogen) atoms. The van der Waals surface area contributed by atoms with Crippen molar-refractivity contribution in [1.29, 1.82) is 0 Å². The lowest BCUT2D eigenvalue weighted by atomic mass is 9.95. The van der Waals surface area contributed by atoms with E-state index in [1.165, 1.54) is 43.3 Å². The van der Waals surface area contributed by atoms with Crippen molar-refractivity contribution in [2.24, 2.45) is 4.99 Å². The normalized spacial score (nSPS) is 14.5. The number of carboxylic acid groups (broad SMARTS) is 1. The summed E-state index contributed by atoms with van der Waals surface area (Å²) in [7, 11) is 4.27. The monoisotopic (exact) mass is 634 g/mol. The minimum atomic E-state index is -1.02. The molecule has 2 heterocycles. The van der Waals surface area contributed by atoms with Gasteiger partial charge >= 0.3 is 11.9 Å². The van der Waals surface area contributed by atoms with Crippen LogP contribution in [-0.2, 0) is 16.1 Å². The van der Waals surface area contributed by atoms with Crippen LogP contribution in [0.4, 0.5) is 0 Å². The molecule has 0 aliphatic carbocycles. The first-order valence-electron chi connectivity index (χ1n) is 13.2. The number of rotatable bonds is 9. The quantitative estimate of drug-likeness (QED) is 0.269. The Kier molecular flexibility index (Phi) is 8.88. The molecule has 10 nitrogen and oxygen atoms in total. The van der Waals surface area contributed by atoms with E-state index in [0.29, 0.717) is 54.0 Å². The van der Waals surface area contributed by atoms with E-state index in [0.717, 1.165) is 0 Å². The van der Waals surface area contributed by atoms with E-state index in [1.807, 2.05) is 0 Å². The maximum absolute atomic E-state index is 13.9. The number of halogens is 1. The molecule has 0 radical (unpaired) electrons. The van der Waals surface area contributed by atoms with Crippen molar-refractivity contribution in [2.75, 3.05) is 21.3 Å². The fraction of sp³-hybridized carbons (Fsp3) is 0.188. The zero-order valence-electron chi connectivity index (χ0n) is 24.1. The Morgan fingerprint density at radius 1 is 1.02 bits per heavy atom. The lowest BCUT2D eigenvalue weighted by molar-refractivity contribution is -0.136. The fourth-order valence-corrected chi connectivity index (χ4v) is 6.13. The van der Waals surface area contributed by atoms with Crippen molar-refractivity contribution in [2.45, 2.75) is 19.6 Å². The Hall–Kier alpha value is -4.87. The largest absolute Gasteiger partial charge is 0.496 e. The molecule has 1 aliphatic heterocycles. The number of hydrogen-bond donors (Lipinski definition) is 1. The van der Waals surface area contributed by atoms with Crippen LogP contribution >= 0.6 is 22.9 Å². The number of benzene rings is 3. The maximum Gasteiger partial charge on any atom is 0.338 e. The van der Waals surface area contributed by atoms with Gasteiger partial charge in [0.25, 0.3) is 5.56 Å². The first-order valence-corrected chi connectivity index (χ1v) is 14.4. The second-order valence-electron chi connectivity index (χ2n) is 9.66. The molecule has 1 N–H and O–H groups in total. The second kappa shape index (κ2) is 12.8. The van der Waals surface area contributed by atoms with Gasteiger partial charge < -0.3 is 24.1 Å². The Bertz CT molecular complexity index is 2000. The van der Waals surface area contributed by atoms with Gasteiger partial charge in [-0.3, -0.25) is 9.36 Å². The highest BCUT2D eigenvalue weighted by Crippen LogP contribution is 2.37. The summed E-state index contributed by atoms with van der Waals surface area (Å²) in [5.74, 6) is -0.332. The zero-order valence-corrected chi connectivity index (χ0v) is 25.7. The van der Waals surface area contributed by atoms with Gasteiger partial charge in [-0.25, -0.2) is 14.6 Å². The SMILES string of the molecule is COC(=O)C1=C(C)N=c2s/c(=C\c3ccc(OCc4cccc(C(=O)O)c4)c(OC)c3)c(=O)n2[C@@H]1c1cc(Cl)ccc1OC. The molecule has 226 valence electrons. The van der Waals surface area contributed by atoms with Crippen LogP contribution in [0.3, 0.4) is 0 Å². The third-order valence-corrected chi connectivity index (χ3v) is 8.19. The smallest absolute Gasteiger partial charge is 0.338 e. The van der Waals surface area contributed by atoms with Crippen LogP contribution in [0.2, 0.25) is 5.02 Å². The molecule has 12 heteroatoms. The van der Waals surface area contributed by atoms with Crippen LogP contribution < -0.4 is 29.1 Å². The first kappa shape index (κ1) is 30.6. The fourth-order valence-electron chi connectivity index (χ4n) is 4.91. The number of fused-ring (bicyclic) bond motifs is 1. The minimum absolute atomic E-state index is 0.129. The van der Waals surface area contributed by atoms with Gasteiger partial charge in [0.05, 0.1) is 42.7 Å². The number of carboxylic acids is 1. The topological polar surface area (TPSA) is 126 Å². The number of allylic oxidation sites excluding steroid dienone is 1. The number of esters is 1. The minimum Gasteiger partial charge on any atom is -0.496 e. The van der Waals surface area contributed by atoms with E-state index in [1.54, 1.807) is 67.6 Å². The average molecular weight is 635 g/mol. The summed E-state index contributed by atoms with van der Waals surface area (Å²) in [5.41, 5.74) is 2.27. The van der Waals surface area contributed by atoms with Gasteiger partial charge in [-0.05, 0) is 66.6 Å². The molecule has 1 aliphatic rings. The van der Waals surface area contributed by atoms with Gasteiger partial charge in [-0.2, -0.15) is 0 Å². The molecule has 0 bridgehead atoms. The number of carbonyl (C=O) groups excluding carboxylic acids is 1. The molecule has 0 unspecified atom stereocenters. The standard InChI is InChI=1S/C32H27ClN2O8S/c1-17-27(31(39)42-4)28(22-15-21(33)9-11-23(22)40-2)35-29(36)26(44-32(35)34-17)14-18-8-10-24(25(13-18)41-3)43-16-19-6-5-7-20(12-19)30(37)38/h5-15,28H,16H2,1-4H3,(H,37,38)/b26-14-/t28-/m1/s1. The molecule has 0 spiro atoms. The molecule has 1 aromatic heterocycles. The van der Waals surface area contributed by atoms with Gasteiger partial charge in [0, 0.05) is 10.6 Å². The van der Waals surface area contributed by atoms with Crippen molar-refractivity contribution in [3.8, 4) is 17.2 Å². The molecule has 0 saturated carbocycles. The third kappa shape index (κ3) is 5.97. The van der Waals surface area contributed by atoms with Crippen LogP contribution in [0.25, 0.3) is 6.08 Å². The van der Waals surface area contributed by atoms with E-state index >= 15 is 0 Å². The first-order chi connectivity index (χ1) is 21.1. The molecule has 0 amide bonds. The van der Waals surface area contributed by atoms with Gasteiger partial charge in [-0.15, -0.1) is 0 Å². The molecular formula is C32H27ClN2O8S. The number of hydrogen-bond acceptors (Lipinski definition) is 9. The Morgan fingerprint density at radius 3 is 2.48 bits per heavy atom. The summed E-state index contributed by atoms with van der Waals surface area (Å²) in [6.07, 6.45) is 1.70. The molecule has 3 aromatic carbocycles. The van der Waals surface area contributed by atoms with Crippen molar-refractivity contribution in [1.82, 2.24) is 4.57 Å². The summed E-state index contributed by atoms with van der Waals surface area (Å²) in [5, 5.41) is 9.65. The van der Waals surface area contributed by atoms with Gasteiger partial charge in [0.2, 0.25) is 0 Å². The molecule has 1 atom stereocenters. The molecule has 4 aromatic rings. The summed E-state index contributed by atoms with van der Waals surface area (Å²) < 4.78 is 23.9. The summed E-state index contributed by atoms with van der Waals surface area (Å²) in [6, 6.07) is 15.8. The maximum atomic E-state index is 13.9. The van der Waals surface area contributed by atoms with Crippen molar-refractivity contribution in [3.05, 3.63) is 119 Å². The van der Waals surface area contributed by atoms with E-state index in [9.17, 15) is 19.5 Å². The lowest BCUT2D eigenvalue weighted by Crippen LogP contribution is -2.40. The van der Waals surface area contributed by atoms with Crippen LogP contribution in [0.1, 0.15) is 40.0 Å². The molecule has 0 fully saturated rings. The van der Waals surface area contributed by atoms with E-state index < -0.39 is 18.0 Å². The Balaban J connectivity index is 1.55. The zero-order chi connectivity index (χ0) is 31.5. The average Bonchev–Trinajstić information content (AvgIpc) is 3.32. The van der Waals surface area contributed by atoms with Crippen LogP contribution in [0, 0.1) is 0 Å². The number of carbonyl (C=O) groups is 2. The predicted octanol–water partition coefficient (Wildman–Crippen LogP) is 4.36. The predicted molar refractivity (Wildman–Crippen MR) is 165 cm³/mol. The number of aromatic carboxylic acids is 1.